The fourth-order valence-electron chi connectivity index (χ4n) is 2.65. The van der Waals surface area contributed by atoms with Crippen LogP contribution in [0, 0.1) is 5.92 Å². The van der Waals surface area contributed by atoms with E-state index in [4.69, 9.17) is 21.7 Å². The molecular formula is C19H33N5O8. The van der Waals surface area contributed by atoms with Gasteiger partial charge in [0.15, 0.2) is 0 Å². The van der Waals surface area contributed by atoms with E-state index in [1.54, 1.807) is 0 Å². The summed E-state index contributed by atoms with van der Waals surface area (Å²) < 4.78 is 0. The van der Waals surface area contributed by atoms with E-state index < -0.39 is 66.2 Å². The molecule has 0 aliphatic rings. The van der Waals surface area contributed by atoms with Gasteiger partial charge < -0.3 is 37.6 Å². The zero-order valence-electron chi connectivity index (χ0n) is 18.4. The molecule has 0 aromatic heterocycles. The maximum absolute atomic E-state index is 12.6. The number of carbonyl (C=O) groups is 6. The van der Waals surface area contributed by atoms with Gasteiger partial charge in [0.2, 0.25) is 23.6 Å². The van der Waals surface area contributed by atoms with Gasteiger partial charge in [0.1, 0.15) is 18.1 Å². The third-order valence-electron chi connectivity index (χ3n) is 4.39. The number of hydrogen-bond donors (Lipinski definition) is 7. The third kappa shape index (κ3) is 11.8. The Labute approximate surface area is 185 Å². The van der Waals surface area contributed by atoms with E-state index in [0.717, 1.165) is 0 Å². The van der Waals surface area contributed by atoms with Crippen LogP contribution in [0.15, 0.2) is 0 Å². The molecule has 13 heteroatoms. The molecule has 0 aliphatic heterocycles. The van der Waals surface area contributed by atoms with Gasteiger partial charge in [0.05, 0.1) is 6.04 Å². The lowest BCUT2D eigenvalue weighted by Gasteiger charge is -2.23. The van der Waals surface area contributed by atoms with E-state index in [-0.39, 0.29) is 25.2 Å². The zero-order chi connectivity index (χ0) is 25.0. The molecule has 0 radical (unpaired) electrons. The number of primary amides is 1. The number of carbonyl (C=O) groups excluding carboxylic acids is 4. The van der Waals surface area contributed by atoms with Crippen LogP contribution in [-0.2, 0) is 28.8 Å². The number of carboxylic acid groups (broad SMARTS) is 2. The standard InChI is InChI=1S/C19H33N5O8/c1-9(2)8-11(20)17(29)23-12(5-7-15(26)27)18(30)22-10(3)16(28)24-13(19(31)32)4-6-14(21)25/h9-13H,4-8,20H2,1-3H3,(H2,21,25)(H,22,30)(H,23,29)(H,24,28)(H,26,27)(H,31,32). The Balaban J connectivity index is 5.12. The molecular weight excluding hydrogens is 426 g/mol. The number of nitrogens with two attached hydrogens (primary N) is 2. The molecule has 182 valence electrons. The van der Waals surface area contributed by atoms with Crippen LogP contribution in [0.25, 0.3) is 0 Å². The Morgan fingerprint density at radius 2 is 1.31 bits per heavy atom. The fourth-order valence-corrected chi connectivity index (χ4v) is 2.65. The van der Waals surface area contributed by atoms with E-state index >= 15 is 0 Å². The Hall–Kier alpha value is -3.22. The van der Waals surface area contributed by atoms with Crippen molar-refractivity contribution in [2.45, 2.75) is 77.0 Å². The average Bonchev–Trinajstić information content (AvgIpc) is 2.66. The minimum atomic E-state index is -1.40. The summed E-state index contributed by atoms with van der Waals surface area (Å²) in [6.07, 6.45) is -0.821. The van der Waals surface area contributed by atoms with Crippen molar-refractivity contribution in [2.75, 3.05) is 0 Å². The van der Waals surface area contributed by atoms with Crippen molar-refractivity contribution in [3.63, 3.8) is 0 Å². The quantitative estimate of drug-likeness (QED) is 0.144. The molecule has 4 atom stereocenters. The van der Waals surface area contributed by atoms with E-state index in [2.05, 4.69) is 16.0 Å². The molecule has 0 rings (SSSR count). The Bertz CT molecular complexity index is 712. The van der Waals surface area contributed by atoms with E-state index in [9.17, 15) is 28.8 Å². The van der Waals surface area contributed by atoms with Crippen molar-refractivity contribution < 1.29 is 39.0 Å². The first-order valence-corrected chi connectivity index (χ1v) is 10.1. The van der Waals surface area contributed by atoms with Gasteiger partial charge in [-0.2, -0.15) is 0 Å². The monoisotopic (exact) mass is 459 g/mol. The molecule has 32 heavy (non-hydrogen) atoms. The smallest absolute Gasteiger partial charge is 0.326 e. The molecule has 0 fully saturated rings. The van der Waals surface area contributed by atoms with Crippen LogP contribution in [0.4, 0.5) is 0 Å². The van der Waals surface area contributed by atoms with Crippen molar-refractivity contribution >= 4 is 35.6 Å². The summed E-state index contributed by atoms with van der Waals surface area (Å²) in [6, 6.07) is -4.79. The number of amides is 4. The molecule has 0 heterocycles. The first kappa shape index (κ1) is 28.8. The summed E-state index contributed by atoms with van der Waals surface area (Å²) in [5, 5.41) is 24.9. The first-order chi connectivity index (χ1) is 14.7. The van der Waals surface area contributed by atoms with E-state index in [0.29, 0.717) is 6.42 Å². The summed E-state index contributed by atoms with van der Waals surface area (Å²) in [6.45, 7) is 4.99. The molecule has 0 aromatic carbocycles. The van der Waals surface area contributed by atoms with E-state index in [1.165, 1.54) is 6.92 Å². The van der Waals surface area contributed by atoms with Gasteiger partial charge in [-0.15, -0.1) is 0 Å². The average molecular weight is 460 g/mol. The van der Waals surface area contributed by atoms with Crippen LogP contribution in [0.3, 0.4) is 0 Å². The number of nitrogens with one attached hydrogen (secondary N) is 3. The fraction of sp³-hybridized carbons (Fsp3) is 0.684. The van der Waals surface area contributed by atoms with E-state index in [1.807, 2.05) is 13.8 Å². The molecule has 13 nitrogen and oxygen atoms in total. The van der Waals surface area contributed by atoms with Crippen LogP contribution in [-0.4, -0.2) is 69.9 Å². The van der Waals surface area contributed by atoms with Gasteiger partial charge in [0, 0.05) is 12.8 Å². The lowest BCUT2D eigenvalue weighted by atomic mass is 10.0. The van der Waals surface area contributed by atoms with Crippen LogP contribution in [0.1, 0.15) is 52.9 Å². The summed E-state index contributed by atoms with van der Waals surface area (Å²) in [5.41, 5.74) is 10.8. The molecule has 0 bridgehead atoms. The predicted octanol–water partition coefficient (Wildman–Crippen LogP) is -1.95. The molecule has 0 aliphatic carbocycles. The number of aliphatic carboxylic acids is 2. The Morgan fingerprint density at radius 3 is 1.78 bits per heavy atom. The summed E-state index contributed by atoms with van der Waals surface area (Å²) >= 11 is 0. The maximum atomic E-state index is 12.6. The van der Waals surface area contributed by atoms with Crippen LogP contribution < -0.4 is 27.4 Å². The van der Waals surface area contributed by atoms with Gasteiger partial charge in [0.25, 0.3) is 0 Å². The summed E-state index contributed by atoms with van der Waals surface area (Å²) in [5.74, 6) is -5.52. The molecule has 9 N–H and O–H groups in total. The Morgan fingerprint density at radius 1 is 0.781 bits per heavy atom. The SMILES string of the molecule is CC(C)CC(N)C(=O)NC(CCC(=O)O)C(=O)NC(C)C(=O)NC(CCC(N)=O)C(=O)O. The normalized spacial score (nSPS) is 14.5. The number of rotatable bonds is 15. The number of hydrogen-bond acceptors (Lipinski definition) is 7. The second-order valence-electron chi connectivity index (χ2n) is 7.86. The lowest BCUT2D eigenvalue weighted by molar-refractivity contribution is -0.142. The van der Waals surface area contributed by atoms with Crippen LogP contribution in [0.5, 0.6) is 0 Å². The largest absolute Gasteiger partial charge is 0.481 e. The lowest BCUT2D eigenvalue weighted by Crippen LogP contribution is -2.56. The Kier molecular flexibility index (Phi) is 12.6. The second kappa shape index (κ2) is 14.0. The maximum Gasteiger partial charge on any atom is 0.326 e. The van der Waals surface area contributed by atoms with Gasteiger partial charge in [-0.3, -0.25) is 24.0 Å². The molecule has 0 saturated heterocycles. The van der Waals surface area contributed by atoms with Gasteiger partial charge in [-0.1, -0.05) is 13.8 Å². The van der Waals surface area contributed by atoms with Gasteiger partial charge in [-0.25, -0.2) is 4.79 Å². The highest BCUT2D eigenvalue weighted by Gasteiger charge is 2.29. The van der Waals surface area contributed by atoms with Crippen LogP contribution in [0.2, 0.25) is 0 Å². The molecule has 0 saturated carbocycles. The highest BCUT2D eigenvalue weighted by Crippen LogP contribution is 2.05. The predicted molar refractivity (Wildman–Crippen MR) is 112 cm³/mol. The molecule has 4 amide bonds. The van der Waals surface area contributed by atoms with Crippen molar-refractivity contribution in [2.24, 2.45) is 17.4 Å². The van der Waals surface area contributed by atoms with Crippen molar-refractivity contribution in [1.82, 2.24) is 16.0 Å². The van der Waals surface area contributed by atoms with Crippen LogP contribution >= 0.6 is 0 Å². The number of carboxylic acids is 2. The highest BCUT2D eigenvalue weighted by molar-refractivity contribution is 5.94. The van der Waals surface area contributed by atoms with Crippen molar-refractivity contribution in [3.05, 3.63) is 0 Å². The van der Waals surface area contributed by atoms with Gasteiger partial charge >= 0.3 is 11.9 Å². The first-order valence-electron chi connectivity index (χ1n) is 10.1. The summed E-state index contributed by atoms with van der Waals surface area (Å²) in [7, 11) is 0. The topological polar surface area (TPSA) is 231 Å². The van der Waals surface area contributed by atoms with Gasteiger partial charge in [-0.05, 0) is 32.1 Å². The highest BCUT2D eigenvalue weighted by atomic mass is 16.4. The zero-order valence-corrected chi connectivity index (χ0v) is 18.4. The molecule has 4 unspecified atom stereocenters. The third-order valence-corrected chi connectivity index (χ3v) is 4.39. The van der Waals surface area contributed by atoms with Crippen molar-refractivity contribution in [3.8, 4) is 0 Å². The summed E-state index contributed by atoms with van der Waals surface area (Å²) in [4.78, 5) is 70.1. The van der Waals surface area contributed by atoms with Crippen molar-refractivity contribution in [1.29, 1.82) is 0 Å². The molecule has 0 spiro atoms. The molecule has 0 aromatic rings. The second-order valence-corrected chi connectivity index (χ2v) is 7.86. The minimum absolute atomic E-state index is 0.113. The minimum Gasteiger partial charge on any atom is -0.481 e.